The lowest BCUT2D eigenvalue weighted by atomic mass is 9.86. The molecule has 48 heavy (non-hydrogen) atoms. The molecular weight excluding hydrogens is 605 g/mol. The van der Waals surface area contributed by atoms with E-state index in [1.165, 1.54) is 6.07 Å². The average Bonchev–Trinajstić information content (AvgIpc) is 3.39. The Morgan fingerprint density at radius 1 is 1.02 bits per heavy atom. The maximum atomic E-state index is 15.8. The van der Waals surface area contributed by atoms with E-state index in [0.717, 1.165) is 50.8 Å². The van der Waals surface area contributed by atoms with Crippen molar-refractivity contribution in [2.24, 2.45) is 7.05 Å². The SMILES string of the molecule is Cc1nc2c(cc(-c3ccnc(-c4ccc5ccccc5c4)c3)n2C)c(-c2cc(F)c3c(c2C)CCCO3)c1[C@H](OC(C)(C)C)C(=O)O. The van der Waals surface area contributed by atoms with Crippen LogP contribution in [0.2, 0.25) is 0 Å². The summed E-state index contributed by atoms with van der Waals surface area (Å²) in [6.45, 7) is 9.68. The molecule has 0 fully saturated rings. The minimum atomic E-state index is -1.34. The first-order chi connectivity index (χ1) is 22.9. The van der Waals surface area contributed by atoms with E-state index in [0.29, 0.717) is 46.4 Å². The number of aromatic nitrogens is 3. The Morgan fingerprint density at radius 2 is 1.79 bits per heavy atom. The Hall–Kier alpha value is -5.08. The molecule has 3 aromatic carbocycles. The number of carbonyl (C=O) groups is 1. The molecule has 7 rings (SSSR count). The summed E-state index contributed by atoms with van der Waals surface area (Å²) in [5.74, 6) is -1.33. The topological polar surface area (TPSA) is 86.5 Å². The van der Waals surface area contributed by atoms with Crippen LogP contribution in [-0.4, -0.2) is 37.8 Å². The zero-order valence-electron chi connectivity index (χ0n) is 28.0. The van der Waals surface area contributed by atoms with Gasteiger partial charge >= 0.3 is 5.97 Å². The number of aliphatic carboxylic acids is 1. The number of carboxylic acids is 1. The van der Waals surface area contributed by atoms with Gasteiger partial charge in [0.1, 0.15) is 5.65 Å². The number of aryl methyl sites for hydroxylation is 2. The number of fused-ring (bicyclic) bond motifs is 3. The van der Waals surface area contributed by atoms with Gasteiger partial charge in [-0.25, -0.2) is 14.2 Å². The number of rotatable bonds is 6. The Balaban J connectivity index is 1.48. The third-order valence-corrected chi connectivity index (χ3v) is 9.17. The minimum absolute atomic E-state index is 0.276. The van der Waals surface area contributed by atoms with Gasteiger partial charge in [-0.3, -0.25) is 4.98 Å². The van der Waals surface area contributed by atoms with Gasteiger partial charge in [0.2, 0.25) is 0 Å². The van der Waals surface area contributed by atoms with Crippen molar-refractivity contribution in [3.05, 3.63) is 101 Å². The number of pyridine rings is 2. The fraction of sp³-hybridized carbons (Fsp3) is 0.275. The molecule has 6 aromatic rings. The fourth-order valence-electron chi connectivity index (χ4n) is 6.95. The molecule has 0 aliphatic carbocycles. The third kappa shape index (κ3) is 5.50. The average molecular weight is 644 g/mol. The Kier molecular flexibility index (Phi) is 7.79. The summed E-state index contributed by atoms with van der Waals surface area (Å²) in [4.78, 5) is 22.6. The number of hydrogen-bond acceptors (Lipinski definition) is 5. The molecule has 0 unspecified atom stereocenters. The van der Waals surface area contributed by atoms with E-state index >= 15 is 4.39 Å². The Labute approximate surface area is 279 Å². The van der Waals surface area contributed by atoms with E-state index in [-0.39, 0.29) is 5.75 Å². The smallest absolute Gasteiger partial charge is 0.337 e. The molecule has 0 amide bonds. The van der Waals surface area contributed by atoms with E-state index in [1.54, 1.807) is 13.1 Å². The van der Waals surface area contributed by atoms with E-state index in [2.05, 4.69) is 36.4 Å². The maximum absolute atomic E-state index is 15.8. The molecule has 0 saturated heterocycles. The molecule has 0 spiro atoms. The first-order valence-corrected chi connectivity index (χ1v) is 16.2. The van der Waals surface area contributed by atoms with Gasteiger partial charge in [-0.05, 0) is 99.7 Å². The van der Waals surface area contributed by atoms with Crippen molar-refractivity contribution in [1.29, 1.82) is 0 Å². The molecular formula is C40H38FN3O4. The van der Waals surface area contributed by atoms with Gasteiger partial charge in [-0.2, -0.15) is 0 Å². The lowest BCUT2D eigenvalue weighted by molar-refractivity contribution is -0.160. The molecule has 0 radical (unpaired) electrons. The minimum Gasteiger partial charge on any atom is -0.490 e. The van der Waals surface area contributed by atoms with Gasteiger partial charge in [0.05, 0.1) is 23.6 Å². The predicted molar refractivity (Wildman–Crippen MR) is 187 cm³/mol. The van der Waals surface area contributed by atoms with Crippen LogP contribution in [0.15, 0.2) is 72.9 Å². The summed E-state index contributed by atoms with van der Waals surface area (Å²) < 4.78 is 29.8. The van der Waals surface area contributed by atoms with Gasteiger partial charge in [-0.15, -0.1) is 0 Å². The summed E-state index contributed by atoms with van der Waals surface area (Å²) in [6, 6.07) is 22.0. The standard InChI is InChI=1S/C40H38FN3O4/c1-22-28-12-9-17-47-36(28)31(41)20-29(22)35-30-21-33(44(6)38(30)43-23(2)34(35)37(39(45)46)48-40(3,4)5)27-15-16-42-32(19-27)26-14-13-24-10-7-8-11-25(24)18-26/h7-8,10-11,13-16,18-21,37H,9,12,17H2,1-6H3,(H,45,46)/t37-/m0/s1. The van der Waals surface area contributed by atoms with Crippen LogP contribution in [0, 0.1) is 19.7 Å². The molecule has 0 saturated carbocycles. The number of halogens is 1. The number of ether oxygens (including phenoxy) is 2. The maximum Gasteiger partial charge on any atom is 0.337 e. The highest BCUT2D eigenvalue weighted by Gasteiger charge is 2.34. The normalized spacial score (nSPS) is 13.8. The molecule has 0 bridgehead atoms. The number of benzene rings is 3. The van der Waals surface area contributed by atoms with E-state index in [9.17, 15) is 9.90 Å². The van der Waals surface area contributed by atoms with Crippen molar-refractivity contribution < 1.29 is 23.8 Å². The van der Waals surface area contributed by atoms with Gasteiger partial charge in [0, 0.05) is 52.1 Å². The highest BCUT2D eigenvalue weighted by Crippen LogP contribution is 2.45. The summed E-state index contributed by atoms with van der Waals surface area (Å²) in [5.41, 5.74) is 7.26. The van der Waals surface area contributed by atoms with Gasteiger partial charge in [-0.1, -0.05) is 36.4 Å². The first kappa shape index (κ1) is 31.5. The van der Waals surface area contributed by atoms with Crippen LogP contribution >= 0.6 is 0 Å². The summed E-state index contributed by atoms with van der Waals surface area (Å²) in [7, 11) is 1.94. The summed E-state index contributed by atoms with van der Waals surface area (Å²) >= 11 is 0. The molecule has 244 valence electrons. The lowest BCUT2D eigenvalue weighted by Gasteiger charge is -2.29. The van der Waals surface area contributed by atoms with Crippen molar-refractivity contribution >= 4 is 27.8 Å². The second-order valence-electron chi connectivity index (χ2n) is 13.5. The number of nitrogens with zero attached hydrogens (tertiary/aromatic N) is 3. The van der Waals surface area contributed by atoms with Crippen LogP contribution in [0.4, 0.5) is 4.39 Å². The molecule has 1 aliphatic heterocycles. The molecule has 1 aliphatic rings. The molecule has 4 heterocycles. The second kappa shape index (κ2) is 11.9. The summed E-state index contributed by atoms with van der Waals surface area (Å²) in [5, 5.41) is 13.6. The van der Waals surface area contributed by atoms with Crippen LogP contribution in [0.3, 0.4) is 0 Å². The quantitative estimate of drug-likeness (QED) is 0.195. The van der Waals surface area contributed by atoms with Crippen molar-refractivity contribution in [2.45, 2.75) is 59.2 Å². The Bertz CT molecular complexity index is 2250. The fourth-order valence-corrected chi connectivity index (χ4v) is 6.95. The van der Waals surface area contributed by atoms with E-state index in [1.807, 2.05) is 63.6 Å². The van der Waals surface area contributed by atoms with Gasteiger partial charge < -0.3 is 19.1 Å². The van der Waals surface area contributed by atoms with E-state index < -0.39 is 23.5 Å². The monoisotopic (exact) mass is 643 g/mol. The van der Waals surface area contributed by atoms with Crippen molar-refractivity contribution in [1.82, 2.24) is 14.5 Å². The highest BCUT2D eigenvalue weighted by atomic mass is 19.1. The van der Waals surface area contributed by atoms with Crippen LogP contribution in [-0.2, 0) is 23.0 Å². The third-order valence-electron chi connectivity index (χ3n) is 9.17. The molecule has 1 N–H and O–H groups in total. The molecule has 7 nitrogen and oxygen atoms in total. The second-order valence-corrected chi connectivity index (χ2v) is 13.5. The molecule has 8 heteroatoms. The zero-order chi connectivity index (χ0) is 33.9. The Morgan fingerprint density at radius 3 is 2.54 bits per heavy atom. The lowest BCUT2D eigenvalue weighted by Crippen LogP contribution is -2.28. The summed E-state index contributed by atoms with van der Waals surface area (Å²) in [6.07, 6.45) is 1.90. The zero-order valence-corrected chi connectivity index (χ0v) is 28.0. The predicted octanol–water partition coefficient (Wildman–Crippen LogP) is 9.14. The van der Waals surface area contributed by atoms with E-state index in [4.69, 9.17) is 19.4 Å². The van der Waals surface area contributed by atoms with Gasteiger partial charge in [0.15, 0.2) is 17.7 Å². The largest absolute Gasteiger partial charge is 0.490 e. The van der Waals surface area contributed by atoms with Crippen molar-refractivity contribution in [2.75, 3.05) is 6.61 Å². The first-order valence-electron chi connectivity index (χ1n) is 16.2. The molecule has 3 aromatic heterocycles. The van der Waals surface area contributed by atoms with Crippen LogP contribution < -0.4 is 4.74 Å². The molecule has 1 atom stereocenters. The van der Waals surface area contributed by atoms with Crippen molar-refractivity contribution in [3.8, 4) is 39.4 Å². The van der Waals surface area contributed by atoms with Gasteiger partial charge in [0.25, 0.3) is 0 Å². The van der Waals surface area contributed by atoms with Crippen LogP contribution in [0.1, 0.15) is 55.7 Å². The van der Waals surface area contributed by atoms with Crippen LogP contribution in [0.5, 0.6) is 5.75 Å². The highest BCUT2D eigenvalue weighted by molar-refractivity contribution is 6.01. The number of hydrogen-bond donors (Lipinski definition) is 1. The van der Waals surface area contributed by atoms with Crippen molar-refractivity contribution in [3.63, 3.8) is 0 Å². The number of carboxylic acid groups (broad SMARTS) is 1. The van der Waals surface area contributed by atoms with Crippen LogP contribution in [0.25, 0.3) is 55.4 Å².